The topological polar surface area (TPSA) is 82.6 Å². The smallest absolute Gasteiger partial charge is 0.231 e. The first-order valence-corrected chi connectivity index (χ1v) is 8.36. The number of benzene rings is 1. The van der Waals surface area contributed by atoms with Gasteiger partial charge < -0.3 is 15.2 Å². The van der Waals surface area contributed by atoms with Gasteiger partial charge in [-0.15, -0.1) is 0 Å². The number of hydrogen-bond acceptors (Lipinski definition) is 6. The molecule has 3 aromatic heterocycles. The molecule has 2 N–H and O–H groups in total. The molecule has 4 aromatic rings. The molecule has 25 heavy (non-hydrogen) atoms. The molecule has 0 amide bonds. The van der Waals surface area contributed by atoms with E-state index < -0.39 is 0 Å². The van der Waals surface area contributed by atoms with Gasteiger partial charge in [0.2, 0.25) is 5.95 Å². The largest absolute Gasteiger partial charge is 0.355 e. The number of rotatable bonds is 5. The van der Waals surface area contributed by atoms with Crippen LogP contribution in [0.2, 0.25) is 0 Å². The fourth-order valence-corrected chi connectivity index (χ4v) is 2.90. The van der Waals surface area contributed by atoms with Crippen LogP contribution in [0.15, 0.2) is 42.9 Å². The van der Waals surface area contributed by atoms with Crippen molar-refractivity contribution in [3.8, 4) is 0 Å². The number of pyridine rings is 1. The Morgan fingerprint density at radius 3 is 2.80 bits per heavy atom. The second-order valence-corrected chi connectivity index (χ2v) is 5.68. The second-order valence-electron chi connectivity index (χ2n) is 5.68. The molecule has 0 bridgehead atoms. The maximum absolute atomic E-state index is 4.70. The number of fused-ring (bicyclic) bond motifs is 2. The number of aromatic amines is 1. The van der Waals surface area contributed by atoms with E-state index in [0.717, 1.165) is 46.7 Å². The summed E-state index contributed by atoms with van der Waals surface area (Å²) in [6.07, 6.45) is 3.44. The minimum atomic E-state index is 0.543. The lowest BCUT2D eigenvalue weighted by Gasteiger charge is -2.20. The molecule has 4 rings (SSSR count). The number of imidazole rings is 1. The average Bonchev–Trinajstić information content (AvgIpc) is 3.11. The van der Waals surface area contributed by atoms with E-state index in [1.807, 2.05) is 30.3 Å². The molecule has 0 atom stereocenters. The van der Waals surface area contributed by atoms with Crippen molar-refractivity contribution in [2.24, 2.45) is 0 Å². The summed E-state index contributed by atoms with van der Waals surface area (Å²) in [4.78, 5) is 23.2. The Kier molecular flexibility index (Phi) is 3.89. The lowest BCUT2D eigenvalue weighted by molar-refractivity contribution is 0.848. The summed E-state index contributed by atoms with van der Waals surface area (Å²) in [5.41, 5.74) is 3.39. The van der Waals surface area contributed by atoms with Gasteiger partial charge in [-0.2, -0.15) is 9.97 Å². The number of nitrogens with one attached hydrogen (secondary N) is 2. The minimum Gasteiger partial charge on any atom is -0.355 e. The van der Waals surface area contributed by atoms with Gasteiger partial charge in [0, 0.05) is 30.4 Å². The van der Waals surface area contributed by atoms with E-state index in [2.05, 4.69) is 44.0 Å². The maximum atomic E-state index is 4.70. The predicted octanol–water partition coefficient (Wildman–Crippen LogP) is 3.49. The number of H-pyrrole nitrogens is 1. The van der Waals surface area contributed by atoms with Gasteiger partial charge >= 0.3 is 0 Å². The summed E-state index contributed by atoms with van der Waals surface area (Å²) < 4.78 is 0. The zero-order chi connectivity index (χ0) is 17.2. The molecule has 1 aromatic carbocycles. The summed E-state index contributed by atoms with van der Waals surface area (Å²) in [5.74, 6) is 1.38. The first-order chi connectivity index (χ1) is 12.3. The van der Waals surface area contributed by atoms with Crippen molar-refractivity contribution in [3.63, 3.8) is 0 Å². The summed E-state index contributed by atoms with van der Waals surface area (Å²) in [5, 5.41) is 4.37. The van der Waals surface area contributed by atoms with Gasteiger partial charge in [-0.25, -0.2) is 4.98 Å². The van der Waals surface area contributed by atoms with Gasteiger partial charge in [-0.05, 0) is 38.1 Å². The zero-order valence-corrected chi connectivity index (χ0v) is 14.2. The lowest BCUT2D eigenvalue weighted by Crippen LogP contribution is -2.23. The summed E-state index contributed by atoms with van der Waals surface area (Å²) in [6, 6.07) is 9.97. The van der Waals surface area contributed by atoms with Crippen LogP contribution in [0.5, 0.6) is 0 Å². The van der Waals surface area contributed by atoms with Crippen LogP contribution in [0.3, 0.4) is 0 Å². The van der Waals surface area contributed by atoms with Crippen molar-refractivity contribution in [1.82, 2.24) is 24.9 Å². The SMILES string of the molecule is CCN(CC)c1nc(Nc2ccc3ncccc3c2)nc2[nH]cnc12. The Hall–Kier alpha value is -3.22. The molecule has 0 fully saturated rings. The Balaban J connectivity index is 1.75. The van der Waals surface area contributed by atoms with Gasteiger partial charge in [0.05, 0.1) is 11.8 Å². The molecule has 0 spiro atoms. The molecule has 0 radical (unpaired) electrons. The van der Waals surface area contributed by atoms with Crippen molar-refractivity contribution in [2.45, 2.75) is 13.8 Å². The highest BCUT2D eigenvalue weighted by atomic mass is 15.2. The highest BCUT2D eigenvalue weighted by Crippen LogP contribution is 2.25. The molecule has 7 heteroatoms. The van der Waals surface area contributed by atoms with Crippen LogP contribution in [0.25, 0.3) is 22.1 Å². The van der Waals surface area contributed by atoms with Gasteiger partial charge in [0.25, 0.3) is 0 Å². The van der Waals surface area contributed by atoms with E-state index in [1.165, 1.54) is 0 Å². The molecular formula is C18H19N7. The van der Waals surface area contributed by atoms with Gasteiger partial charge in [0.1, 0.15) is 0 Å². The summed E-state index contributed by atoms with van der Waals surface area (Å²) >= 11 is 0. The molecule has 0 unspecified atom stereocenters. The van der Waals surface area contributed by atoms with Gasteiger partial charge in [-0.1, -0.05) is 6.07 Å². The number of aromatic nitrogens is 5. The quantitative estimate of drug-likeness (QED) is 0.582. The van der Waals surface area contributed by atoms with Crippen LogP contribution in [0.4, 0.5) is 17.5 Å². The third-order valence-corrected chi connectivity index (χ3v) is 4.18. The number of nitrogens with zero attached hydrogens (tertiary/aromatic N) is 5. The second kappa shape index (κ2) is 6.35. The van der Waals surface area contributed by atoms with Crippen molar-refractivity contribution in [2.75, 3.05) is 23.3 Å². The molecular weight excluding hydrogens is 314 g/mol. The number of hydrogen-bond donors (Lipinski definition) is 2. The first-order valence-electron chi connectivity index (χ1n) is 8.36. The van der Waals surface area contributed by atoms with E-state index >= 15 is 0 Å². The molecule has 0 saturated carbocycles. The standard InChI is InChI=1S/C18H19N7/c1-3-25(4-2)17-15-16(21-11-20-15)23-18(24-17)22-13-7-8-14-12(10-13)6-5-9-19-14/h5-11H,3-4H2,1-2H3,(H2,20,21,22,23,24). The lowest BCUT2D eigenvalue weighted by atomic mass is 10.2. The zero-order valence-electron chi connectivity index (χ0n) is 14.2. The maximum Gasteiger partial charge on any atom is 0.231 e. The van der Waals surface area contributed by atoms with E-state index in [4.69, 9.17) is 4.98 Å². The van der Waals surface area contributed by atoms with Crippen LogP contribution in [0.1, 0.15) is 13.8 Å². The summed E-state index contributed by atoms with van der Waals surface area (Å²) in [7, 11) is 0. The highest BCUT2D eigenvalue weighted by Gasteiger charge is 2.14. The van der Waals surface area contributed by atoms with E-state index in [-0.39, 0.29) is 0 Å². The van der Waals surface area contributed by atoms with Crippen molar-refractivity contribution < 1.29 is 0 Å². The Morgan fingerprint density at radius 1 is 1.08 bits per heavy atom. The molecule has 0 saturated heterocycles. The molecule has 126 valence electrons. The third kappa shape index (κ3) is 2.84. The monoisotopic (exact) mass is 333 g/mol. The van der Waals surface area contributed by atoms with Gasteiger partial charge in [0.15, 0.2) is 17.0 Å². The Bertz CT molecular complexity index is 1020. The number of anilines is 3. The third-order valence-electron chi connectivity index (χ3n) is 4.18. The molecule has 3 heterocycles. The molecule has 0 aliphatic heterocycles. The van der Waals surface area contributed by atoms with Crippen molar-refractivity contribution >= 4 is 39.5 Å². The Morgan fingerprint density at radius 2 is 1.96 bits per heavy atom. The van der Waals surface area contributed by atoms with E-state index in [1.54, 1.807) is 12.5 Å². The van der Waals surface area contributed by atoms with Crippen LogP contribution in [-0.4, -0.2) is 38.0 Å². The summed E-state index contributed by atoms with van der Waals surface area (Å²) in [6.45, 7) is 5.92. The average molecular weight is 333 g/mol. The van der Waals surface area contributed by atoms with Crippen LogP contribution in [0, 0.1) is 0 Å². The fourth-order valence-electron chi connectivity index (χ4n) is 2.90. The van der Waals surface area contributed by atoms with Crippen LogP contribution >= 0.6 is 0 Å². The molecule has 0 aliphatic rings. The molecule has 7 nitrogen and oxygen atoms in total. The van der Waals surface area contributed by atoms with Crippen LogP contribution < -0.4 is 10.2 Å². The van der Waals surface area contributed by atoms with E-state index in [0.29, 0.717) is 5.95 Å². The normalized spacial score (nSPS) is 11.1. The van der Waals surface area contributed by atoms with Crippen LogP contribution in [-0.2, 0) is 0 Å². The van der Waals surface area contributed by atoms with Crippen molar-refractivity contribution in [1.29, 1.82) is 0 Å². The minimum absolute atomic E-state index is 0.543. The fraction of sp³-hybridized carbons (Fsp3) is 0.222. The predicted molar refractivity (Wildman–Crippen MR) is 100 cm³/mol. The van der Waals surface area contributed by atoms with Gasteiger partial charge in [-0.3, -0.25) is 4.98 Å². The van der Waals surface area contributed by atoms with Crippen molar-refractivity contribution in [3.05, 3.63) is 42.9 Å². The molecule has 0 aliphatic carbocycles. The first kappa shape index (κ1) is 15.3. The van der Waals surface area contributed by atoms with E-state index in [9.17, 15) is 0 Å². The highest BCUT2D eigenvalue weighted by molar-refractivity contribution is 5.86. The Labute approximate surface area is 145 Å².